The maximum atomic E-state index is 14.4. The second-order valence-corrected chi connectivity index (χ2v) is 40.4. The van der Waals surface area contributed by atoms with Gasteiger partial charge < -0.3 is 65.1 Å². The van der Waals surface area contributed by atoms with E-state index in [1.165, 1.54) is 152 Å². The van der Waals surface area contributed by atoms with Crippen molar-refractivity contribution in [3.05, 3.63) is 29.8 Å². The molecule has 5 amide bonds. The number of esters is 3. The molecule has 3 heterocycles. The van der Waals surface area contributed by atoms with E-state index in [0.29, 0.717) is 36.5 Å². The first-order valence-corrected chi connectivity index (χ1v) is 46.7. The van der Waals surface area contributed by atoms with Gasteiger partial charge in [-0.25, -0.2) is 14.6 Å². The third-order valence-corrected chi connectivity index (χ3v) is 25.9. The highest BCUT2D eigenvalue weighted by atomic mass is 32.2. The fourth-order valence-electron chi connectivity index (χ4n) is 13.7. The monoisotopic (exact) mass is 1820 g/mol. The molecule has 0 spiro atoms. The molecular formula is C85H131N9O22S6. The summed E-state index contributed by atoms with van der Waals surface area (Å²) in [4.78, 5) is 187. The minimum Gasteiger partial charge on any atom is -0.481 e. The van der Waals surface area contributed by atoms with Gasteiger partial charge in [0.05, 0.1) is 44.5 Å². The number of fused-ring (bicyclic) bond motifs is 1. The number of imide groups is 1. The van der Waals surface area contributed by atoms with E-state index in [4.69, 9.17) is 58.1 Å². The Morgan fingerprint density at radius 2 is 1.02 bits per heavy atom. The molecule has 0 bridgehead atoms. The van der Waals surface area contributed by atoms with Crippen LogP contribution in [0.3, 0.4) is 0 Å². The first-order valence-electron chi connectivity index (χ1n) is 42.2. The zero-order valence-corrected chi connectivity index (χ0v) is 78.3. The number of aliphatic carboxylic acids is 2. The smallest absolute Gasteiger partial charge is 0.336 e. The third-order valence-electron chi connectivity index (χ3n) is 20.1. The lowest BCUT2D eigenvalue weighted by Gasteiger charge is -2.33. The topological polar surface area (TPSA) is 439 Å². The van der Waals surface area contributed by atoms with Crippen LogP contribution in [-0.2, 0) is 86.1 Å². The average Bonchev–Trinajstić information content (AvgIpc) is 0.913. The predicted octanol–water partition coefficient (Wildman–Crippen LogP) is 14.2. The Labute approximate surface area is 746 Å². The summed E-state index contributed by atoms with van der Waals surface area (Å²) in [7, 11) is 2.48. The van der Waals surface area contributed by atoms with E-state index in [2.05, 4.69) is 55.1 Å². The molecule has 684 valence electrons. The maximum Gasteiger partial charge on any atom is 0.336 e. The van der Waals surface area contributed by atoms with Crippen LogP contribution < -0.4 is 21.3 Å². The van der Waals surface area contributed by atoms with Gasteiger partial charge in [-0.05, 0) is 163 Å². The minimum absolute atomic E-state index is 0.00580. The van der Waals surface area contributed by atoms with Crippen LogP contribution in [0.1, 0.15) is 286 Å². The lowest BCUT2D eigenvalue weighted by molar-refractivity contribution is -0.201. The summed E-state index contributed by atoms with van der Waals surface area (Å²) in [5.74, 6) is -11.1. The Morgan fingerprint density at radius 1 is 0.590 bits per heavy atom. The number of carbonyl (C=O) groups is 13. The van der Waals surface area contributed by atoms with Crippen molar-refractivity contribution in [1.29, 1.82) is 0 Å². The van der Waals surface area contributed by atoms with Crippen LogP contribution in [0.15, 0.2) is 44.2 Å². The van der Waals surface area contributed by atoms with Gasteiger partial charge in [0, 0.05) is 54.4 Å². The van der Waals surface area contributed by atoms with E-state index in [1.54, 1.807) is 81.4 Å². The van der Waals surface area contributed by atoms with E-state index in [1.807, 2.05) is 0 Å². The fraction of sp³-hybridized carbons (Fsp3) is 0.706. The number of nitrogens with one attached hydrogen (secondary N) is 4. The molecular weight excluding hydrogens is 1690 g/mol. The van der Waals surface area contributed by atoms with Gasteiger partial charge in [0.1, 0.15) is 33.8 Å². The predicted molar refractivity (Wildman–Crippen MR) is 485 cm³/mol. The molecule has 122 heavy (non-hydrogen) atoms. The number of aliphatic hydroxyl groups is 1. The van der Waals surface area contributed by atoms with E-state index < -0.39 is 140 Å². The molecule has 1 aromatic carbocycles. The van der Waals surface area contributed by atoms with E-state index in [9.17, 15) is 72.5 Å². The zero-order chi connectivity index (χ0) is 91.2. The standard InChI is InChI=1S/C50H73N7O13S3.C35H58N2O9S3/c1-8-9-10-11-12-13-14-15-16-17-24-72-48(71)73-50(6,46(67)68-7)27-34(25-33(42(62)53-31(2)3)26-49(4,5)69-30-58)45(66)70-47-56-40-39(43(63)57-47)54-36(29-52-40)28-51-35-20-18-32(19-21-35)41(61)55-37(44(64)65)22-23-38(59)60;1-8-9-10-11-12-13-14-15-16-17-20-48-33(47)49-35(6,32(43)44-7)23-27(31(42)46-37-28(39)18-19-29(37)40)21-26(30(41)36-25(2)3)22-34(4,5)45-24-38/h18-21,29-31,33-34,37,39,43,51,63H,8-17,22-28H2,1-7H3,(H,53,62)(H,55,61)(H,59,60)(H,64,65);24-27H,8-23H2,1-7H3,(H,36,41). The van der Waals surface area contributed by atoms with Crippen LogP contribution in [0.4, 0.5) is 5.69 Å². The molecule has 7 N–H and O–H groups in total. The molecule has 0 radical (unpaired) electrons. The molecule has 1 saturated heterocycles. The maximum absolute atomic E-state index is 14.4. The molecule has 3 aliphatic rings. The van der Waals surface area contributed by atoms with Gasteiger partial charge in [0.25, 0.3) is 30.7 Å². The minimum atomic E-state index is -1.59. The third kappa shape index (κ3) is 42.0. The number of aliphatic hydroxyl groups excluding tert-OH is 1. The SMILES string of the molecule is CCCCCCCCCCCCSC(=S)SC(C)(CC(CC(CC(C)(C)OC=O)C(=O)NC(C)C)C(=O)OC1=NC(O)C2N=C(CNc3ccc(C(=O)NC(CCC(=O)O)C(=O)O)cc3)C=NC2=N1)C(=O)OC.CCCCCCCCCCCCSC(=S)SC(C)(CC(CC(CC(C)(C)OC=O)C(=O)NC(C)C)C(=O)ON1C(=O)CCC1=O)C(=O)OC. The summed E-state index contributed by atoms with van der Waals surface area (Å²) in [6.45, 7) is 22.1. The van der Waals surface area contributed by atoms with Gasteiger partial charge in [-0.2, -0.15) is 9.98 Å². The Morgan fingerprint density at radius 3 is 1.42 bits per heavy atom. The highest BCUT2D eigenvalue weighted by Crippen LogP contribution is 2.43. The Hall–Kier alpha value is -7.45. The second kappa shape index (κ2) is 57.2. The summed E-state index contributed by atoms with van der Waals surface area (Å²) in [5, 5.41) is 41.1. The number of thiocarbonyl (C=S) groups is 2. The molecule has 9 unspecified atom stereocenters. The lowest BCUT2D eigenvalue weighted by atomic mass is 9.81. The van der Waals surface area contributed by atoms with Gasteiger partial charge in [-0.1, -0.05) is 177 Å². The summed E-state index contributed by atoms with van der Waals surface area (Å²) >= 11 is 16.6. The summed E-state index contributed by atoms with van der Waals surface area (Å²) in [5.41, 5.74) is -1.11. The number of aliphatic imine (C=N–C) groups is 4. The number of thioether (sulfide) groups is 4. The number of ether oxygens (including phenoxy) is 5. The van der Waals surface area contributed by atoms with Crippen molar-refractivity contribution in [3.8, 4) is 0 Å². The number of nitrogens with zero attached hydrogens (tertiary/aromatic N) is 5. The van der Waals surface area contributed by atoms with Crippen molar-refractivity contribution in [2.45, 2.75) is 327 Å². The summed E-state index contributed by atoms with van der Waals surface area (Å²) < 4.78 is 24.9. The van der Waals surface area contributed by atoms with Crippen molar-refractivity contribution < 1.29 is 106 Å². The number of hydrogen-bond donors (Lipinski definition) is 7. The number of hydroxylamine groups is 2. The van der Waals surface area contributed by atoms with Crippen LogP contribution in [0.5, 0.6) is 0 Å². The normalized spacial score (nSPS) is 16.7. The Kier molecular flexibility index (Phi) is 51.0. The first kappa shape index (κ1) is 109. The first-order chi connectivity index (χ1) is 57.7. The van der Waals surface area contributed by atoms with Crippen LogP contribution in [0, 0.1) is 23.7 Å². The molecule has 0 aromatic heterocycles. The van der Waals surface area contributed by atoms with Crippen molar-refractivity contribution >= 4 is 186 Å². The number of carboxylic acids is 2. The van der Waals surface area contributed by atoms with Crippen LogP contribution in [0.25, 0.3) is 0 Å². The van der Waals surface area contributed by atoms with E-state index in [-0.39, 0.29) is 87.8 Å². The number of methoxy groups -OCH3 is 2. The number of anilines is 1. The molecule has 0 aliphatic carbocycles. The molecule has 4 rings (SSSR count). The van der Waals surface area contributed by atoms with Gasteiger partial charge >= 0.3 is 41.8 Å². The molecule has 3 aliphatic heterocycles. The number of amidine groups is 2. The van der Waals surface area contributed by atoms with Crippen molar-refractivity contribution in [1.82, 2.24) is 21.0 Å². The van der Waals surface area contributed by atoms with Gasteiger partial charge in [-0.3, -0.25) is 57.7 Å². The van der Waals surface area contributed by atoms with E-state index in [0.717, 1.165) is 67.1 Å². The number of rotatable bonds is 58. The number of hydrogen-bond acceptors (Lipinski definition) is 31. The quantitative estimate of drug-likeness (QED) is 0.00795. The molecule has 9 atom stereocenters. The second-order valence-electron chi connectivity index (χ2n) is 32.8. The molecule has 0 saturated carbocycles. The van der Waals surface area contributed by atoms with Crippen molar-refractivity contribution in [2.24, 2.45) is 43.6 Å². The van der Waals surface area contributed by atoms with E-state index >= 15 is 0 Å². The molecule has 1 fully saturated rings. The fourth-order valence-corrected chi connectivity index (χ4v) is 20.0. The number of amides is 5. The number of benzene rings is 1. The lowest BCUT2D eigenvalue weighted by Crippen LogP contribution is -2.44. The Bertz CT molecular complexity index is 3740. The van der Waals surface area contributed by atoms with Crippen LogP contribution in [-0.4, -0.2) is 213 Å². The van der Waals surface area contributed by atoms with Crippen molar-refractivity contribution in [2.75, 3.05) is 37.6 Å². The van der Waals surface area contributed by atoms with Crippen LogP contribution in [0.2, 0.25) is 0 Å². The van der Waals surface area contributed by atoms with Crippen LogP contribution >= 0.6 is 71.5 Å². The van der Waals surface area contributed by atoms with Gasteiger partial charge in [-0.15, -0.1) is 28.6 Å². The highest BCUT2D eigenvalue weighted by Gasteiger charge is 2.48. The van der Waals surface area contributed by atoms with Crippen molar-refractivity contribution in [3.63, 3.8) is 0 Å². The molecule has 31 nitrogen and oxygen atoms in total. The summed E-state index contributed by atoms with van der Waals surface area (Å²) in [6, 6.07) is 2.57. The average molecular weight is 1820 g/mol. The number of carboxylic acid groups (broad SMARTS) is 2. The van der Waals surface area contributed by atoms with Gasteiger partial charge in [0.2, 0.25) is 11.8 Å². The highest BCUT2D eigenvalue weighted by molar-refractivity contribution is 8.48. The molecule has 37 heteroatoms. The number of carbonyl (C=O) groups excluding carboxylic acids is 11. The Balaban J connectivity index is 0.000000683. The largest absolute Gasteiger partial charge is 0.481 e. The summed E-state index contributed by atoms with van der Waals surface area (Å²) in [6.07, 6.45) is 22.4. The zero-order valence-electron chi connectivity index (χ0n) is 73.4. The molecule has 1 aromatic rings. The number of unbranched alkanes of at least 4 members (excludes halogenated alkanes) is 18. The van der Waals surface area contributed by atoms with Gasteiger partial charge in [0.15, 0.2) is 18.1 Å².